The summed E-state index contributed by atoms with van der Waals surface area (Å²) < 4.78 is 10.7. The first-order valence-corrected chi connectivity index (χ1v) is 9.86. The van der Waals surface area contributed by atoms with E-state index in [1.54, 1.807) is 24.1 Å². The van der Waals surface area contributed by atoms with E-state index in [1.807, 2.05) is 11.0 Å². The van der Waals surface area contributed by atoms with E-state index >= 15 is 0 Å². The van der Waals surface area contributed by atoms with Crippen LogP contribution in [0.4, 0.5) is 0 Å². The third-order valence-electron chi connectivity index (χ3n) is 5.72. The average Bonchev–Trinajstić information content (AvgIpc) is 3.46. The third-order valence-corrected chi connectivity index (χ3v) is 5.72. The zero-order valence-electron chi connectivity index (χ0n) is 16.4. The first-order chi connectivity index (χ1) is 14.1. The van der Waals surface area contributed by atoms with Gasteiger partial charge in [-0.15, -0.1) is 0 Å². The number of carbonyl (C=O) groups excluding carboxylic acids is 2. The summed E-state index contributed by atoms with van der Waals surface area (Å²) in [5.41, 5.74) is 1.09. The van der Waals surface area contributed by atoms with Gasteiger partial charge in [0, 0.05) is 37.1 Å². The van der Waals surface area contributed by atoms with E-state index in [-0.39, 0.29) is 23.9 Å². The highest BCUT2D eigenvalue weighted by atomic mass is 16.5. The van der Waals surface area contributed by atoms with Gasteiger partial charge in [0.15, 0.2) is 0 Å². The van der Waals surface area contributed by atoms with Crippen LogP contribution in [-0.4, -0.2) is 67.0 Å². The molecule has 2 unspecified atom stereocenters. The van der Waals surface area contributed by atoms with E-state index in [1.165, 1.54) is 6.26 Å². The van der Waals surface area contributed by atoms with Gasteiger partial charge in [-0.3, -0.25) is 14.5 Å². The summed E-state index contributed by atoms with van der Waals surface area (Å²) in [7, 11) is 1.58. The van der Waals surface area contributed by atoms with Gasteiger partial charge in [0.2, 0.25) is 5.91 Å². The van der Waals surface area contributed by atoms with Gasteiger partial charge in [0.1, 0.15) is 23.6 Å². The van der Waals surface area contributed by atoms with E-state index in [9.17, 15) is 9.59 Å². The van der Waals surface area contributed by atoms with Crippen molar-refractivity contribution in [3.8, 4) is 11.8 Å². The Morgan fingerprint density at radius 2 is 2.21 bits per heavy atom. The van der Waals surface area contributed by atoms with Gasteiger partial charge >= 0.3 is 0 Å². The Morgan fingerprint density at radius 1 is 1.34 bits per heavy atom. The number of likely N-dealkylation sites (tertiary alicyclic amines) is 2. The molecule has 3 heterocycles. The minimum Gasteiger partial charge on any atom is -0.497 e. The van der Waals surface area contributed by atoms with Crippen molar-refractivity contribution in [1.29, 1.82) is 5.26 Å². The minimum atomic E-state index is -0.298. The Kier molecular flexibility index (Phi) is 5.41. The summed E-state index contributed by atoms with van der Waals surface area (Å²) >= 11 is 0. The smallest absolute Gasteiger partial charge is 0.255 e. The summed E-state index contributed by atoms with van der Waals surface area (Å²) in [5, 5.41) is 12.9. The third kappa shape index (κ3) is 3.91. The normalized spacial score (nSPS) is 22.0. The van der Waals surface area contributed by atoms with Crippen LogP contribution in [-0.2, 0) is 4.79 Å². The van der Waals surface area contributed by atoms with Crippen molar-refractivity contribution in [3.63, 3.8) is 0 Å². The number of hydrogen-bond acceptors (Lipinski definition) is 6. The molecule has 0 saturated carbocycles. The summed E-state index contributed by atoms with van der Waals surface area (Å²) in [5.74, 6) is 0.485. The molecule has 1 aromatic heterocycles. The molecule has 8 heteroatoms. The Hall–Kier alpha value is -3.05. The second kappa shape index (κ2) is 8.13. The maximum Gasteiger partial charge on any atom is 0.255 e. The summed E-state index contributed by atoms with van der Waals surface area (Å²) in [6.45, 7) is 2.31. The second-order valence-corrected chi connectivity index (χ2v) is 7.58. The second-order valence-electron chi connectivity index (χ2n) is 7.58. The number of nitrogens with one attached hydrogen (secondary N) is 1. The van der Waals surface area contributed by atoms with Gasteiger partial charge in [0.05, 0.1) is 25.3 Å². The minimum absolute atomic E-state index is 0.00389. The maximum absolute atomic E-state index is 12.7. The summed E-state index contributed by atoms with van der Waals surface area (Å²) in [6, 6.07) is 7.24. The highest BCUT2D eigenvalue weighted by Gasteiger charge is 2.32. The predicted octanol–water partition coefficient (Wildman–Crippen LogP) is 1.76. The van der Waals surface area contributed by atoms with Crippen molar-refractivity contribution >= 4 is 22.8 Å². The van der Waals surface area contributed by atoms with Crippen LogP contribution in [0.15, 0.2) is 28.9 Å². The molecule has 2 atom stereocenters. The Labute approximate surface area is 169 Å². The molecule has 2 aliphatic heterocycles. The molecule has 29 heavy (non-hydrogen) atoms. The van der Waals surface area contributed by atoms with Crippen LogP contribution in [0.5, 0.6) is 5.75 Å². The van der Waals surface area contributed by atoms with Crippen molar-refractivity contribution in [1.82, 2.24) is 15.1 Å². The molecule has 2 fully saturated rings. The predicted molar refractivity (Wildman–Crippen MR) is 105 cm³/mol. The van der Waals surface area contributed by atoms with Crippen molar-refractivity contribution in [3.05, 3.63) is 30.0 Å². The maximum atomic E-state index is 12.7. The van der Waals surface area contributed by atoms with Crippen LogP contribution in [0, 0.1) is 11.3 Å². The Balaban J connectivity index is 1.34. The number of methoxy groups -OCH3 is 1. The van der Waals surface area contributed by atoms with Gasteiger partial charge in [-0.2, -0.15) is 5.26 Å². The first-order valence-electron chi connectivity index (χ1n) is 9.86. The lowest BCUT2D eigenvalue weighted by Gasteiger charge is -2.23. The van der Waals surface area contributed by atoms with E-state index in [2.05, 4.69) is 11.4 Å². The van der Waals surface area contributed by atoms with Crippen LogP contribution in [0.25, 0.3) is 11.0 Å². The van der Waals surface area contributed by atoms with Crippen LogP contribution in [0.3, 0.4) is 0 Å². The Bertz CT molecular complexity index is 963. The number of fused-ring (bicyclic) bond motifs is 1. The highest BCUT2D eigenvalue weighted by Crippen LogP contribution is 2.26. The molecule has 2 aliphatic rings. The number of furan rings is 1. The molecule has 2 saturated heterocycles. The number of carbonyl (C=O) groups is 2. The number of nitriles is 1. The van der Waals surface area contributed by atoms with E-state index in [0.717, 1.165) is 31.2 Å². The quantitative estimate of drug-likeness (QED) is 0.827. The molecular formula is C21H24N4O4. The molecular weight excluding hydrogens is 372 g/mol. The highest BCUT2D eigenvalue weighted by molar-refractivity contribution is 6.06. The lowest BCUT2D eigenvalue weighted by atomic mass is 10.1. The van der Waals surface area contributed by atoms with Gasteiger partial charge < -0.3 is 19.4 Å². The van der Waals surface area contributed by atoms with Crippen molar-refractivity contribution in [2.24, 2.45) is 0 Å². The lowest BCUT2D eigenvalue weighted by molar-refractivity contribution is -0.132. The molecule has 8 nitrogen and oxygen atoms in total. The molecule has 2 aromatic rings. The standard InChI is InChI=1S/C21H24N4O4/c1-28-16-4-5-17-18(13-29-19(17)9-16)21(27)23-14-6-8-24(11-14)12-20(26)25-7-2-3-15(25)10-22/h4-5,9,13-15H,2-3,6-8,11-12H2,1H3,(H,23,27). The number of benzene rings is 1. The van der Waals surface area contributed by atoms with Gasteiger partial charge in [-0.25, -0.2) is 0 Å². The first kappa shape index (κ1) is 19.3. The zero-order chi connectivity index (χ0) is 20.4. The lowest BCUT2D eigenvalue weighted by Crippen LogP contribution is -2.43. The summed E-state index contributed by atoms with van der Waals surface area (Å²) in [6.07, 6.45) is 3.88. The molecule has 4 rings (SSSR count). The summed E-state index contributed by atoms with van der Waals surface area (Å²) in [4.78, 5) is 28.9. The van der Waals surface area contributed by atoms with Crippen molar-refractivity contribution in [2.75, 3.05) is 33.3 Å². The number of amides is 2. The van der Waals surface area contributed by atoms with Gasteiger partial charge in [-0.1, -0.05) is 0 Å². The van der Waals surface area contributed by atoms with Crippen molar-refractivity contribution < 1.29 is 18.7 Å². The Morgan fingerprint density at radius 3 is 3.00 bits per heavy atom. The van der Waals surface area contributed by atoms with Crippen LogP contribution in [0.1, 0.15) is 29.6 Å². The fraction of sp³-hybridized carbons (Fsp3) is 0.476. The van der Waals surface area contributed by atoms with Crippen LogP contribution in [0.2, 0.25) is 0 Å². The fourth-order valence-electron chi connectivity index (χ4n) is 4.15. The van der Waals surface area contributed by atoms with Crippen LogP contribution < -0.4 is 10.1 Å². The largest absolute Gasteiger partial charge is 0.497 e. The molecule has 152 valence electrons. The zero-order valence-corrected chi connectivity index (χ0v) is 16.4. The van der Waals surface area contributed by atoms with E-state index < -0.39 is 0 Å². The molecule has 0 bridgehead atoms. The fourth-order valence-corrected chi connectivity index (χ4v) is 4.15. The molecule has 2 amide bonds. The molecule has 0 spiro atoms. The average molecular weight is 396 g/mol. The molecule has 1 aromatic carbocycles. The van der Waals surface area contributed by atoms with E-state index in [0.29, 0.717) is 36.5 Å². The van der Waals surface area contributed by atoms with Gasteiger partial charge in [0.25, 0.3) is 5.91 Å². The number of hydrogen-bond donors (Lipinski definition) is 1. The SMILES string of the molecule is COc1ccc2c(C(=O)NC3CCN(CC(=O)N4CCCC4C#N)C3)coc2c1. The number of nitrogens with zero attached hydrogens (tertiary/aromatic N) is 3. The monoisotopic (exact) mass is 396 g/mol. The van der Waals surface area contributed by atoms with Gasteiger partial charge in [-0.05, 0) is 31.4 Å². The van der Waals surface area contributed by atoms with E-state index in [4.69, 9.17) is 14.4 Å². The molecule has 1 N–H and O–H groups in total. The topological polar surface area (TPSA) is 98.8 Å². The molecule has 0 radical (unpaired) electrons. The molecule has 0 aliphatic carbocycles. The van der Waals surface area contributed by atoms with Crippen molar-refractivity contribution in [2.45, 2.75) is 31.3 Å². The van der Waals surface area contributed by atoms with Crippen LogP contribution >= 0.6 is 0 Å². The number of rotatable bonds is 5. The number of ether oxygens (including phenoxy) is 1.